The molecule has 5 rings (SSSR count). The lowest BCUT2D eigenvalue weighted by molar-refractivity contribution is 0.0695. The number of carboxylic acids is 1. The second-order valence-corrected chi connectivity index (χ2v) is 8.79. The molecule has 3 aromatic rings. The van der Waals surface area contributed by atoms with E-state index in [4.69, 9.17) is 0 Å². The van der Waals surface area contributed by atoms with Crippen molar-refractivity contribution in [2.75, 3.05) is 31.1 Å². The third-order valence-corrected chi connectivity index (χ3v) is 6.59. The van der Waals surface area contributed by atoms with E-state index >= 15 is 4.39 Å². The predicted octanol–water partition coefficient (Wildman–Crippen LogP) is 3.80. The summed E-state index contributed by atoms with van der Waals surface area (Å²) >= 11 is 0. The van der Waals surface area contributed by atoms with Gasteiger partial charge in [0, 0.05) is 50.3 Å². The Morgan fingerprint density at radius 1 is 1.12 bits per heavy atom. The highest BCUT2D eigenvalue weighted by Gasteiger charge is 2.30. The average Bonchev–Trinajstić information content (AvgIpc) is 3.61. The minimum absolute atomic E-state index is 0.151. The Bertz CT molecular complexity index is 1240. The largest absolute Gasteiger partial charge is 0.477 e. The van der Waals surface area contributed by atoms with Crippen LogP contribution in [0.5, 0.6) is 0 Å². The summed E-state index contributed by atoms with van der Waals surface area (Å²) in [6, 6.07) is 11.7. The maximum Gasteiger partial charge on any atom is 0.341 e. The molecule has 0 bridgehead atoms. The number of fused-ring (bicyclic) bond motifs is 1. The number of hydrogen-bond donors (Lipinski definition) is 1. The second-order valence-electron chi connectivity index (χ2n) is 8.79. The summed E-state index contributed by atoms with van der Waals surface area (Å²) < 4.78 is 17.2. The number of anilines is 1. The van der Waals surface area contributed by atoms with Crippen LogP contribution in [0.4, 0.5) is 10.1 Å². The molecule has 6 nitrogen and oxygen atoms in total. The summed E-state index contributed by atoms with van der Waals surface area (Å²) in [6.07, 6.45) is 3.31. The fourth-order valence-corrected chi connectivity index (χ4v) is 4.82. The standard InChI is InChI=1S/C25H26FN3O3/c1-16-22-19(24(30)20(25(31)32)15-29(22)18-7-8-18)13-21(26)23(16)28-11-9-27(10-12-28)14-17-5-3-2-4-6-17/h2-6,13,15,18H,7-12,14H2,1H3,(H,31,32). The lowest BCUT2D eigenvalue weighted by Crippen LogP contribution is -2.46. The second kappa shape index (κ2) is 8.06. The third kappa shape index (κ3) is 3.66. The van der Waals surface area contributed by atoms with Gasteiger partial charge >= 0.3 is 5.97 Å². The number of pyridine rings is 1. The van der Waals surface area contributed by atoms with Gasteiger partial charge in [-0.25, -0.2) is 9.18 Å². The van der Waals surface area contributed by atoms with Crippen LogP contribution >= 0.6 is 0 Å². The summed E-state index contributed by atoms with van der Waals surface area (Å²) in [5.74, 6) is -1.74. The Balaban J connectivity index is 1.49. The highest BCUT2D eigenvalue weighted by molar-refractivity contribution is 5.95. The van der Waals surface area contributed by atoms with Gasteiger partial charge in [-0.3, -0.25) is 9.69 Å². The molecule has 1 N–H and O–H groups in total. The Kier molecular flexibility index (Phi) is 5.21. The van der Waals surface area contributed by atoms with E-state index < -0.39 is 17.2 Å². The van der Waals surface area contributed by atoms with Gasteiger partial charge < -0.3 is 14.6 Å². The van der Waals surface area contributed by atoms with Crippen molar-refractivity contribution in [1.29, 1.82) is 0 Å². The number of nitrogens with zero attached hydrogens (tertiary/aromatic N) is 3. The molecule has 2 aliphatic rings. The fourth-order valence-electron chi connectivity index (χ4n) is 4.82. The molecule has 7 heteroatoms. The van der Waals surface area contributed by atoms with Gasteiger partial charge in [0.2, 0.25) is 5.43 Å². The first-order valence-electron chi connectivity index (χ1n) is 11.1. The molecule has 1 saturated carbocycles. The zero-order valence-corrected chi connectivity index (χ0v) is 18.1. The van der Waals surface area contributed by atoms with Crippen LogP contribution in [-0.4, -0.2) is 46.7 Å². The van der Waals surface area contributed by atoms with Crippen molar-refractivity contribution >= 4 is 22.6 Å². The quantitative estimate of drug-likeness (QED) is 0.660. The first-order chi connectivity index (χ1) is 15.4. The number of aromatic nitrogens is 1. The maximum absolute atomic E-state index is 15.3. The monoisotopic (exact) mass is 435 g/mol. The summed E-state index contributed by atoms with van der Waals surface area (Å²) in [7, 11) is 0. The predicted molar refractivity (Wildman–Crippen MR) is 122 cm³/mol. The Morgan fingerprint density at radius 2 is 1.81 bits per heavy atom. The Hall–Kier alpha value is -3.19. The van der Waals surface area contributed by atoms with Crippen LogP contribution in [0.25, 0.3) is 10.9 Å². The van der Waals surface area contributed by atoms with Crippen molar-refractivity contribution in [2.45, 2.75) is 32.4 Å². The van der Waals surface area contributed by atoms with Crippen LogP contribution in [0.1, 0.15) is 40.4 Å². The van der Waals surface area contributed by atoms with E-state index in [1.165, 1.54) is 17.8 Å². The number of benzene rings is 2. The number of hydrogen-bond acceptors (Lipinski definition) is 4. The number of carboxylic acid groups (broad SMARTS) is 1. The molecule has 2 fully saturated rings. The van der Waals surface area contributed by atoms with E-state index in [0.717, 1.165) is 32.5 Å². The van der Waals surface area contributed by atoms with Crippen molar-refractivity contribution in [3.8, 4) is 0 Å². The molecule has 32 heavy (non-hydrogen) atoms. The van der Waals surface area contributed by atoms with Crippen molar-refractivity contribution in [2.24, 2.45) is 0 Å². The maximum atomic E-state index is 15.3. The molecule has 1 aliphatic carbocycles. The van der Waals surface area contributed by atoms with Crippen LogP contribution in [0, 0.1) is 12.7 Å². The summed E-state index contributed by atoms with van der Waals surface area (Å²) in [5.41, 5.74) is 2.23. The third-order valence-electron chi connectivity index (χ3n) is 6.59. The van der Waals surface area contributed by atoms with Crippen molar-refractivity contribution in [3.05, 3.63) is 75.3 Å². The van der Waals surface area contributed by atoms with Crippen LogP contribution < -0.4 is 10.3 Å². The van der Waals surface area contributed by atoms with E-state index in [1.54, 1.807) is 0 Å². The number of aryl methyl sites for hydroxylation is 1. The SMILES string of the molecule is Cc1c(N2CCN(Cc3ccccc3)CC2)c(F)cc2c(=O)c(C(=O)O)cn(C3CC3)c12. The zero-order valence-electron chi connectivity index (χ0n) is 18.1. The molecule has 2 heterocycles. The van der Waals surface area contributed by atoms with Crippen molar-refractivity contribution < 1.29 is 14.3 Å². The summed E-state index contributed by atoms with van der Waals surface area (Å²) in [6.45, 7) is 5.73. The van der Waals surface area contributed by atoms with Gasteiger partial charge in [0.15, 0.2) is 0 Å². The minimum atomic E-state index is -1.28. The Morgan fingerprint density at radius 3 is 2.44 bits per heavy atom. The topological polar surface area (TPSA) is 65.8 Å². The van der Waals surface area contributed by atoms with Gasteiger partial charge in [0.05, 0.1) is 11.2 Å². The van der Waals surface area contributed by atoms with Crippen molar-refractivity contribution in [1.82, 2.24) is 9.47 Å². The molecular weight excluding hydrogens is 409 g/mol. The van der Waals surface area contributed by atoms with E-state index in [0.29, 0.717) is 29.9 Å². The van der Waals surface area contributed by atoms with Gasteiger partial charge in [-0.2, -0.15) is 0 Å². The molecule has 0 radical (unpaired) electrons. The highest BCUT2D eigenvalue weighted by atomic mass is 19.1. The van der Waals surface area contributed by atoms with E-state index in [9.17, 15) is 14.7 Å². The molecular formula is C25H26FN3O3. The molecule has 0 spiro atoms. The van der Waals surface area contributed by atoms with Crippen LogP contribution in [0.2, 0.25) is 0 Å². The molecule has 166 valence electrons. The normalized spacial score (nSPS) is 17.1. The average molecular weight is 435 g/mol. The Labute approximate surface area is 185 Å². The lowest BCUT2D eigenvalue weighted by Gasteiger charge is -2.37. The number of carbonyl (C=O) groups is 1. The van der Waals surface area contributed by atoms with Gasteiger partial charge in [-0.05, 0) is 37.0 Å². The first-order valence-corrected chi connectivity index (χ1v) is 11.1. The zero-order chi connectivity index (χ0) is 22.4. The van der Waals surface area contributed by atoms with Gasteiger partial charge in [0.25, 0.3) is 0 Å². The molecule has 2 aromatic carbocycles. The molecule has 0 amide bonds. The number of piperazine rings is 1. The smallest absolute Gasteiger partial charge is 0.341 e. The van der Waals surface area contributed by atoms with Gasteiger partial charge in [0.1, 0.15) is 11.4 Å². The molecule has 1 aromatic heterocycles. The van der Waals surface area contributed by atoms with E-state index in [-0.39, 0.29) is 17.0 Å². The van der Waals surface area contributed by atoms with Crippen LogP contribution in [0.15, 0.2) is 47.4 Å². The first kappa shape index (κ1) is 20.7. The number of rotatable bonds is 5. The van der Waals surface area contributed by atoms with Gasteiger partial charge in [-0.1, -0.05) is 30.3 Å². The van der Waals surface area contributed by atoms with E-state index in [1.807, 2.05) is 29.7 Å². The molecule has 1 aliphatic heterocycles. The van der Waals surface area contributed by atoms with Crippen molar-refractivity contribution in [3.63, 3.8) is 0 Å². The summed E-state index contributed by atoms with van der Waals surface area (Å²) in [5, 5.41) is 9.61. The molecule has 0 unspecified atom stereocenters. The summed E-state index contributed by atoms with van der Waals surface area (Å²) in [4.78, 5) is 28.8. The van der Waals surface area contributed by atoms with Crippen LogP contribution in [-0.2, 0) is 6.54 Å². The lowest BCUT2D eigenvalue weighted by atomic mass is 10.0. The molecule has 0 atom stereocenters. The molecule has 1 saturated heterocycles. The minimum Gasteiger partial charge on any atom is -0.477 e. The fraction of sp³-hybridized carbons (Fsp3) is 0.360. The van der Waals surface area contributed by atoms with Gasteiger partial charge in [-0.15, -0.1) is 0 Å². The number of aromatic carboxylic acids is 1. The number of halogens is 1. The highest BCUT2D eigenvalue weighted by Crippen LogP contribution is 2.40. The van der Waals surface area contributed by atoms with E-state index in [2.05, 4.69) is 21.9 Å². The van der Waals surface area contributed by atoms with Crippen LogP contribution in [0.3, 0.4) is 0 Å².